The number of imidazole rings is 1. The fraction of sp³-hybridized carbons (Fsp3) is 0.154. The fourth-order valence-electron chi connectivity index (χ4n) is 3.81. The lowest BCUT2D eigenvalue weighted by atomic mass is 10.1. The van der Waals surface area contributed by atoms with Gasteiger partial charge in [-0.3, -0.25) is 9.69 Å². The maximum atomic E-state index is 13.1. The number of hydrogen-bond donors (Lipinski definition) is 2. The molecule has 8 nitrogen and oxygen atoms in total. The molecule has 1 aromatic heterocycles. The number of ether oxygens (including phenoxy) is 1. The van der Waals surface area contributed by atoms with Crippen LogP contribution in [0.3, 0.4) is 0 Å². The Balaban J connectivity index is 1.48. The second-order valence-corrected chi connectivity index (χ2v) is 8.09. The number of aryl methyl sites for hydroxylation is 1. The van der Waals surface area contributed by atoms with Gasteiger partial charge in [0, 0.05) is 29.0 Å². The molecule has 4 rings (SSSR count). The van der Waals surface area contributed by atoms with Gasteiger partial charge in [-0.1, -0.05) is 45.4 Å². The van der Waals surface area contributed by atoms with E-state index >= 15 is 0 Å². The molecule has 0 saturated carbocycles. The number of amides is 1. The summed E-state index contributed by atoms with van der Waals surface area (Å²) in [7, 11) is 1.56. The molecule has 0 atom stereocenters. The normalized spacial score (nSPS) is 11.6. The smallest absolute Gasteiger partial charge is 0.247 e. The average Bonchev–Trinajstić information content (AvgIpc) is 3.32. The summed E-state index contributed by atoms with van der Waals surface area (Å²) in [5, 5.41) is 3.59. The standard InChI is InChI=1S/C26H26F2N6O2/c1-18-15-32(16-31-18)24-10-8-21(12-25(24)36-2)23(29)13-30-14-26(35)33(17-34(27)28)22-9-7-19-5-3-4-6-20(19)11-22/h3-13,15-16,30H,14,17,29H2,1-2H3/b23-13-. The van der Waals surface area contributed by atoms with Crippen molar-refractivity contribution < 1.29 is 18.5 Å². The highest BCUT2D eigenvalue weighted by Crippen LogP contribution is 2.26. The van der Waals surface area contributed by atoms with Gasteiger partial charge in [0.2, 0.25) is 5.91 Å². The minimum absolute atomic E-state index is 0.231. The number of hydrogen-bond acceptors (Lipinski definition) is 6. The van der Waals surface area contributed by atoms with Crippen molar-refractivity contribution in [2.45, 2.75) is 6.92 Å². The van der Waals surface area contributed by atoms with Gasteiger partial charge in [0.05, 0.1) is 37.1 Å². The largest absolute Gasteiger partial charge is 0.495 e. The Morgan fingerprint density at radius 2 is 1.92 bits per heavy atom. The van der Waals surface area contributed by atoms with E-state index in [4.69, 9.17) is 10.5 Å². The Labute approximate surface area is 207 Å². The maximum absolute atomic E-state index is 13.1. The van der Waals surface area contributed by atoms with E-state index in [9.17, 15) is 13.8 Å². The first-order chi connectivity index (χ1) is 17.4. The number of carbonyl (C=O) groups is 1. The molecule has 10 heteroatoms. The van der Waals surface area contributed by atoms with Gasteiger partial charge < -0.3 is 20.4 Å². The van der Waals surface area contributed by atoms with Gasteiger partial charge in [-0.05, 0) is 42.0 Å². The first kappa shape index (κ1) is 24.7. The van der Waals surface area contributed by atoms with E-state index in [1.807, 2.05) is 54.1 Å². The molecule has 0 aliphatic carbocycles. The van der Waals surface area contributed by atoms with Crippen molar-refractivity contribution in [1.82, 2.24) is 20.2 Å². The lowest BCUT2D eigenvalue weighted by Crippen LogP contribution is -2.40. The second-order valence-electron chi connectivity index (χ2n) is 8.09. The van der Waals surface area contributed by atoms with Crippen LogP contribution in [0.25, 0.3) is 22.2 Å². The highest BCUT2D eigenvalue weighted by molar-refractivity contribution is 5.97. The highest BCUT2D eigenvalue weighted by atomic mass is 19.4. The minimum atomic E-state index is -1.03. The predicted octanol–water partition coefficient (Wildman–Crippen LogP) is 4.25. The third-order valence-corrected chi connectivity index (χ3v) is 5.61. The predicted molar refractivity (Wildman–Crippen MR) is 135 cm³/mol. The summed E-state index contributed by atoms with van der Waals surface area (Å²) in [6, 6.07) is 18.1. The number of aromatic nitrogens is 2. The first-order valence-corrected chi connectivity index (χ1v) is 11.1. The molecule has 36 heavy (non-hydrogen) atoms. The van der Waals surface area contributed by atoms with Gasteiger partial charge >= 0.3 is 0 Å². The SMILES string of the molecule is COc1cc(/C(N)=C/NCC(=O)N(CN(F)F)c2ccc3ccccc3c2)ccc1-n1cnc(C)c1. The van der Waals surface area contributed by atoms with E-state index in [2.05, 4.69) is 10.3 Å². The zero-order valence-electron chi connectivity index (χ0n) is 19.9. The van der Waals surface area contributed by atoms with Crippen molar-refractivity contribution in [2.75, 3.05) is 25.2 Å². The molecule has 186 valence electrons. The minimum Gasteiger partial charge on any atom is -0.495 e. The van der Waals surface area contributed by atoms with Gasteiger partial charge in [0.1, 0.15) is 12.4 Å². The first-order valence-electron chi connectivity index (χ1n) is 11.1. The maximum Gasteiger partial charge on any atom is 0.247 e. The van der Waals surface area contributed by atoms with E-state index in [0.29, 0.717) is 22.7 Å². The lowest BCUT2D eigenvalue weighted by Gasteiger charge is -2.23. The molecular weight excluding hydrogens is 466 g/mol. The monoisotopic (exact) mass is 492 g/mol. The number of rotatable bonds is 9. The number of benzene rings is 3. The zero-order valence-corrected chi connectivity index (χ0v) is 19.9. The molecule has 4 aromatic rings. The van der Waals surface area contributed by atoms with Crippen LogP contribution in [0.5, 0.6) is 5.75 Å². The molecule has 0 spiro atoms. The molecule has 1 heterocycles. The molecule has 3 aromatic carbocycles. The molecule has 1 amide bonds. The second kappa shape index (κ2) is 10.9. The lowest BCUT2D eigenvalue weighted by molar-refractivity contribution is -0.155. The summed E-state index contributed by atoms with van der Waals surface area (Å²) < 4.78 is 33.6. The Hall–Kier alpha value is -4.44. The molecule has 0 saturated heterocycles. The molecule has 0 radical (unpaired) electrons. The van der Waals surface area contributed by atoms with Crippen molar-refractivity contribution in [3.63, 3.8) is 0 Å². The number of methoxy groups -OCH3 is 1. The number of halogens is 2. The summed E-state index contributed by atoms with van der Waals surface area (Å²) in [6.07, 6.45) is 5.03. The zero-order chi connectivity index (χ0) is 25.7. The fourth-order valence-corrected chi connectivity index (χ4v) is 3.81. The molecule has 3 N–H and O–H groups in total. The Morgan fingerprint density at radius 1 is 1.14 bits per heavy atom. The number of carbonyl (C=O) groups excluding carboxylic acids is 1. The van der Waals surface area contributed by atoms with Crippen molar-refractivity contribution >= 4 is 28.1 Å². The summed E-state index contributed by atoms with van der Waals surface area (Å²) in [5.74, 6) is 0.0452. The van der Waals surface area contributed by atoms with E-state index in [1.165, 1.54) is 6.20 Å². The van der Waals surface area contributed by atoms with Crippen LogP contribution in [0.4, 0.5) is 14.6 Å². The van der Waals surface area contributed by atoms with Crippen LogP contribution in [0, 0.1) is 6.92 Å². The van der Waals surface area contributed by atoms with Crippen LogP contribution < -0.4 is 20.7 Å². The molecule has 0 fully saturated rings. The van der Waals surface area contributed by atoms with E-state index in [0.717, 1.165) is 27.1 Å². The van der Waals surface area contributed by atoms with Gasteiger partial charge in [0.15, 0.2) is 0 Å². The number of nitrogens with one attached hydrogen (secondary N) is 1. The van der Waals surface area contributed by atoms with Crippen molar-refractivity contribution in [1.29, 1.82) is 0 Å². The molecule has 0 aliphatic rings. The molecule has 0 bridgehead atoms. The summed E-state index contributed by atoms with van der Waals surface area (Å²) in [6.45, 7) is 0.792. The topological polar surface area (TPSA) is 88.6 Å². The summed E-state index contributed by atoms with van der Waals surface area (Å²) >= 11 is 0. The van der Waals surface area contributed by atoms with E-state index in [1.54, 1.807) is 37.7 Å². The van der Waals surface area contributed by atoms with Gasteiger partial charge in [-0.25, -0.2) is 4.98 Å². The van der Waals surface area contributed by atoms with Gasteiger partial charge in [0.25, 0.3) is 0 Å². The van der Waals surface area contributed by atoms with Crippen LogP contribution in [0.1, 0.15) is 11.3 Å². The van der Waals surface area contributed by atoms with Crippen LogP contribution >= 0.6 is 0 Å². The van der Waals surface area contributed by atoms with E-state index < -0.39 is 17.9 Å². The third kappa shape index (κ3) is 5.61. The number of fused-ring (bicyclic) bond motifs is 1. The quantitative estimate of drug-likeness (QED) is 0.268. The molecular formula is C26H26F2N6O2. The molecule has 0 aliphatic heterocycles. The van der Waals surface area contributed by atoms with Gasteiger partial charge in [-0.15, -0.1) is 0 Å². The van der Waals surface area contributed by atoms with Crippen LogP contribution in [0.2, 0.25) is 0 Å². The molecule has 0 unspecified atom stereocenters. The highest BCUT2D eigenvalue weighted by Gasteiger charge is 2.19. The Kier molecular flexibility index (Phi) is 7.45. The van der Waals surface area contributed by atoms with E-state index in [-0.39, 0.29) is 6.54 Å². The van der Waals surface area contributed by atoms with Gasteiger partial charge in [-0.2, -0.15) is 0 Å². The van der Waals surface area contributed by atoms with Crippen LogP contribution in [-0.2, 0) is 4.79 Å². The summed E-state index contributed by atoms with van der Waals surface area (Å²) in [5.41, 5.74) is 9.25. The number of nitrogens with zero attached hydrogens (tertiary/aromatic N) is 4. The average molecular weight is 493 g/mol. The summed E-state index contributed by atoms with van der Waals surface area (Å²) in [4.78, 5) is 18.1. The van der Waals surface area contributed by atoms with Crippen molar-refractivity contribution in [2.24, 2.45) is 5.73 Å². The Morgan fingerprint density at radius 3 is 2.61 bits per heavy atom. The van der Waals surface area contributed by atoms with Crippen LogP contribution in [-0.4, -0.2) is 41.1 Å². The third-order valence-electron chi connectivity index (χ3n) is 5.61. The Bertz CT molecular complexity index is 1400. The van der Waals surface area contributed by atoms with Crippen LogP contribution in [0.15, 0.2) is 79.4 Å². The van der Waals surface area contributed by atoms with Crippen molar-refractivity contribution in [3.05, 3.63) is 90.6 Å². The number of anilines is 1. The number of nitrogens with two attached hydrogens (primary N) is 1. The van der Waals surface area contributed by atoms with Crippen molar-refractivity contribution in [3.8, 4) is 11.4 Å².